The van der Waals surface area contributed by atoms with E-state index in [1.165, 1.54) is 0 Å². The molecule has 2 heterocycles. The zero-order valence-corrected chi connectivity index (χ0v) is 15.6. The molecule has 7 heteroatoms. The quantitative estimate of drug-likeness (QED) is 0.722. The van der Waals surface area contributed by atoms with E-state index in [2.05, 4.69) is 10.4 Å². The Labute approximate surface area is 156 Å². The number of methoxy groups -OCH3 is 1. The van der Waals surface area contributed by atoms with Crippen molar-refractivity contribution < 1.29 is 19.1 Å². The number of aryl methyl sites for hydroxylation is 2. The summed E-state index contributed by atoms with van der Waals surface area (Å²) in [7, 11) is 3.44. The highest BCUT2D eigenvalue weighted by Gasteiger charge is 2.37. The molecule has 1 saturated carbocycles. The molecule has 0 unspecified atom stereocenters. The third-order valence-corrected chi connectivity index (χ3v) is 5.34. The summed E-state index contributed by atoms with van der Waals surface area (Å²) in [5.74, 6) is 0.891. The van der Waals surface area contributed by atoms with Gasteiger partial charge in [0, 0.05) is 35.8 Å². The number of ether oxygens (including phenoxy) is 1. The van der Waals surface area contributed by atoms with Gasteiger partial charge in [0.05, 0.1) is 25.5 Å². The number of hydrogen-bond donors (Lipinski definition) is 2. The number of carbonyl (C=O) groups is 1. The first-order valence-electron chi connectivity index (χ1n) is 9.01. The van der Waals surface area contributed by atoms with E-state index in [1.807, 2.05) is 32.3 Å². The smallest absolute Gasteiger partial charge is 0.287 e. The summed E-state index contributed by atoms with van der Waals surface area (Å²) in [5.41, 5.74) is 2.34. The standard InChI is InChI=1S/C20H23N3O4/c1-11-16-5-4-15(26-3)8-17(16)27-19(11)20(25)22-18(12-6-14(24)7-12)13-9-21-23(2)10-13/h4-5,8-10,12,14,18,24H,6-7H2,1-3H3,(H,22,25)/t12?,14?,18-/m1/s1. The predicted octanol–water partition coefficient (Wildman–Crippen LogP) is 2.73. The molecule has 27 heavy (non-hydrogen) atoms. The molecule has 1 atom stereocenters. The molecule has 0 bridgehead atoms. The van der Waals surface area contributed by atoms with E-state index in [4.69, 9.17) is 9.15 Å². The maximum absolute atomic E-state index is 13.0. The topological polar surface area (TPSA) is 89.5 Å². The van der Waals surface area contributed by atoms with E-state index in [1.54, 1.807) is 24.1 Å². The molecule has 7 nitrogen and oxygen atoms in total. The van der Waals surface area contributed by atoms with E-state index < -0.39 is 0 Å². The van der Waals surface area contributed by atoms with Gasteiger partial charge in [-0.3, -0.25) is 9.48 Å². The maximum atomic E-state index is 13.0. The van der Waals surface area contributed by atoms with E-state index in [0.717, 1.165) is 16.5 Å². The predicted molar refractivity (Wildman–Crippen MR) is 99.6 cm³/mol. The summed E-state index contributed by atoms with van der Waals surface area (Å²) in [6.07, 6.45) is 4.68. The summed E-state index contributed by atoms with van der Waals surface area (Å²) in [4.78, 5) is 13.0. The fourth-order valence-corrected chi connectivity index (χ4v) is 3.73. The van der Waals surface area contributed by atoms with Crippen LogP contribution in [0.3, 0.4) is 0 Å². The van der Waals surface area contributed by atoms with Crippen LogP contribution >= 0.6 is 0 Å². The van der Waals surface area contributed by atoms with E-state index in [0.29, 0.717) is 29.9 Å². The van der Waals surface area contributed by atoms with E-state index >= 15 is 0 Å². The Morgan fingerprint density at radius 2 is 2.22 bits per heavy atom. The number of rotatable bonds is 5. The summed E-state index contributed by atoms with van der Waals surface area (Å²) >= 11 is 0. The number of amides is 1. The number of fused-ring (bicyclic) bond motifs is 1. The van der Waals surface area contributed by atoms with Crippen molar-refractivity contribution in [2.24, 2.45) is 13.0 Å². The largest absolute Gasteiger partial charge is 0.497 e. The number of nitrogens with zero attached hydrogens (tertiary/aromatic N) is 2. The molecule has 3 aromatic rings. The minimum Gasteiger partial charge on any atom is -0.497 e. The Kier molecular flexibility index (Phi) is 4.39. The third-order valence-electron chi connectivity index (χ3n) is 5.34. The van der Waals surface area contributed by atoms with Gasteiger partial charge in [0.15, 0.2) is 5.76 Å². The van der Waals surface area contributed by atoms with Crippen LogP contribution in [0.5, 0.6) is 5.75 Å². The number of carbonyl (C=O) groups excluding carboxylic acids is 1. The van der Waals surface area contributed by atoms with Gasteiger partial charge >= 0.3 is 0 Å². The van der Waals surface area contributed by atoms with Crippen molar-refractivity contribution in [3.8, 4) is 5.75 Å². The lowest BCUT2D eigenvalue weighted by atomic mass is 9.75. The second-order valence-corrected chi connectivity index (χ2v) is 7.20. The van der Waals surface area contributed by atoms with Gasteiger partial charge in [-0.25, -0.2) is 0 Å². The Morgan fingerprint density at radius 3 is 2.85 bits per heavy atom. The van der Waals surface area contributed by atoms with Gasteiger partial charge in [0.1, 0.15) is 11.3 Å². The SMILES string of the molecule is COc1ccc2c(C)c(C(=O)N[C@@H](c3cnn(C)c3)C3CC(O)C3)oc2c1. The molecule has 1 aliphatic rings. The lowest BCUT2D eigenvalue weighted by Crippen LogP contribution is -2.41. The molecule has 1 aromatic carbocycles. The number of aromatic nitrogens is 2. The number of aliphatic hydroxyl groups excluding tert-OH is 1. The average Bonchev–Trinajstić information content (AvgIpc) is 3.20. The lowest BCUT2D eigenvalue weighted by molar-refractivity contribution is 0.0232. The van der Waals surface area contributed by atoms with Crippen LogP contribution in [0.25, 0.3) is 11.0 Å². The van der Waals surface area contributed by atoms with E-state index in [9.17, 15) is 9.90 Å². The zero-order chi connectivity index (χ0) is 19.1. The van der Waals surface area contributed by atoms with Crippen molar-refractivity contribution >= 4 is 16.9 Å². The van der Waals surface area contributed by atoms with Crippen molar-refractivity contribution in [1.82, 2.24) is 15.1 Å². The molecule has 4 rings (SSSR count). The molecular formula is C20H23N3O4. The minimum absolute atomic E-state index is 0.179. The Morgan fingerprint density at radius 1 is 1.44 bits per heavy atom. The van der Waals surface area contributed by atoms with Gasteiger partial charge in [-0.2, -0.15) is 5.10 Å². The second-order valence-electron chi connectivity index (χ2n) is 7.20. The summed E-state index contributed by atoms with van der Waals surface area (Å²) in [5, 5.41) is 17.9. The first-order chi connectivity index (χ1) is 13.0. The van der Waals surface area contributed by atoms with Crippen molar-refractivity contribution in [2.45, 2.75) is 31.9 Å². The molecular weight excluding hydrogens is 346 g/mol. The van der Waals surface area contributed by atoms with Crippen LogP contribution in [0.1, 0.15) is 40.6 Å². The molecule has 0 radical (unpaired) electrons. The molecule has 2 N–H and O–H groups in total. The van der Waals surface area contributed by atoms with Crippen LogP contribution in [0.4, 0.5) is 0 Å². The molecule has 2 aromatic heterocycles. The first-order valence-corrected chi connectivity index (χ1v) is 9.01. The van der Waals surface area contributed by atoms with Gasteiger partial charge in [-0.1, -0.05) is 0 Å². The highest BCUT2D eigenvalue weighted by Crippen LogP contribution is 2.38. The number of nitrogens with one attached hydrogen (secondary N) is 1. The number of furan rings is 1. The highest BCUT2D eigenvalue weighted by atomic mass is 16.5. The van der Waals surface area contributed by atoms with Crippen LogP contribution < -0.4 is 10.1 Å². The van der Waals surface area contributed by atoms with Crippen LogP contribution in [-0.2, 0) is 7.05 Å². The van der Waals surface area contributed by atoms with Crippen LogP contribution in [0.2, 0.25) is 0 Å². The number of aliphatic hydroxyl groups is 1. The second kappa shape index (κ2) is 6.74. The Hall–Kier alpha value is -2.80. The van der Waals surface area contributed by atoms with Crippen molar-refractivity contribution in [2.75, 3.05) is 7.11 Å². The van der Waals surface area contributed by atoms with Gasteiger partial charge in [-0.05, 0) is 37.8 Å². The maximum Gasteiger partial charge on any atom is 0.287 e. The van der Waals surface area contributed by atoms with Crippen LogP contribution in [0, 0.1) is 12.8 Å². The first kappa shape index (κ1) is 17.6. The van der Waals surface area contributed by atoms with Gasteiger partial charge in [-0.15, -0.1) is 0 Å². The Bertz CT molecular complexity index is 984. The van der Waals surface area contributed by atoms with Crippen molar-refractivity contribution in [3.63, 3.8) is 0 Å². The van der Waals surface area contributed by atoms with Gasteiger partial charge in [0.2, 0.25) is 0 Å². The molecule has 1 amide bonds. The summed E-state index contributed by atoms with van der Waals surface area (Å²) < 4.78 is 12.8. The van der Waals surface area contributed by atoms with Crippen molar-refractivity contribution in [3.05, 3.63) is 47.5 Å². The highest BCUT2D eigenvalue weighted by molar-refractivity contribution is 5.99. The van der Waals surface area contributed by atoms with Crippen LogP contribution in [0.15, 0.2) is 35.0 Å². The van der Waals surface area contributed by atoms with Gasteiger partial charge < -0.3 is 19.6 Å². The third kappa shape index (κ3) is 3.19. The fraction of sp³-hybridized carbons (Fsp3) is 0.400. The molecule has 1 aliphatic carbocycles. The van der Waals surface area contributed by atoms with Crippen LogP contribution in [-0.4, -0.2) is 34.0 Å². The molecule has 142 valence electrons. The summed E-state index contributed by atoms with van der Waals surface area (Å²) in [6.45, 7) is 1.87. The molecule has 0 saturated heterocycles. The molecule has 0 aliphatic heterocycles. The molecule has 1 fully saturated rings. The number of benzene rings is 1. The number of hydrogen-bond acceptors (Lipinski definition) is 5. The Balaban J connectivity index is 1.62. The zero-order valence-electron chi connectivity index (χ0n) is 15.6. The molecule has 0 spiro atoms. The normalized spacial score (nSPS) is 20.3. The fourth-order valence-electron chi connectivity index (χ4n) is 3.73. The van der Waals surface area contributed by atoms with Gasteiger partial charge in [0.25, 0.3) is 5.91 Å². The lowest BCUT2D eigenvalue weighted by Gasteiger charge is -2.37. The minimum atomic E-state index is -0.300. The van der Waals surface area contributed by atoms with Crippen molar-refractivity contribution in [1.29, 1.82) is 0 Å². The average molecular weight is 369 g/mol. The summed E-state index contributed by atoms with van der Waals surface area (Å²) in [6, 6.07) is 5.31. The monoisotopic (exact) mass is 369 g/mol. The van der Waals surface area contributed by atoms with E-state index in [-0.39, 0.29) is 24.0 Å².